The fourth-order valence-corrected chi connectivity index (χ4v) is 3.70. The Labute approximate surface area is 109 Å². The van der Waals surface area contributed by atoms with E-state index >= 15 is 0 Å². The van der Waals surface area contributed by atoms with Gasteiger partial charge in [0.15, 0.2) is 0 Å². The average molecular weight is 262 g/mol. The molecule has 2 aromatic rings. The number of benzene rings is 2. The highest BCUT2D eigenvalue weighted by molar-refractivity contribution is 8.10. The molecule has 2 aromatic carbocycles. The summed E-state index contributed by atoms with van der Waals surface area (Å²) in [4.78, 5) is 2.06. The summed E-state index contributed by atoms with van der Waals surface area (Å²) in [6.45, 7) is 2.07. The molecule has 0 aliphatic rings. The summed E-state index contributed by atoms with van der Waals surface area (Å²) in [5.41, 5.74) is 1.25. The van der Waals surface area contributed by atoms with Gasteiger partial charge in [-0.3, -0.25) is 4.21 Å². The van der Waals surface area contributed by atoms with E-state index in [0.717, 1.165) is 4.90 Å². The first kappa shape index (κ1) is 12.4. The van der Waals surface area contributed by atoms with Crippen LogP contribution in [0.1, 0.15) is 5.56 Å². The van der Waals surface area contributed by atoms with Crippen LogP contribution in [-0.2, 0) is 10.8 Å². The molecule has 0 aliphatic carbocycles. The SMILES string of the molecule is Cc1ccc(SCS(=O)c2ccccc2)cc1. The maximum absolute atomic E-state index is 12.0. The quantitative estimate of drug-likeness (QED) is 0.778. The van der Waals surface area contributed by atoms with E-state index in [1.165, 1.54) is 10.5 Å². The predicted octanol–water partition coefficient (Wildman–Crippen LogP) is 3.85. The zero-order chi connectivity index (χ0) is 12.1. The molecule has 88 valence electrons. The minimum absolute atomic E-state index is 0.604. The van der Waals surface area contributed by atoms with Crippen molar-refractivity contribution in [3.8, 4) is 0 Å². The zero-order valence-corrected chi connectivity index (χ0v) is 11.3. The highest BCUT2D eigenvalue weighted by Gasteiger charge is 2.03. The molecule has 0 spiro atoms. The van der Waals surface area contributed by atoms with Crippen molar-refractivity contribution in [3.63, 3.8) is 0 Å². The van der Waals surface area contributed by atoms with E-state index in [4.69, 9.17) is 0 Å². The second-order valence-electron chi connectivity index (χ2n) is 3.73. The summed E-state index contributed by atoms with van der Waals surface area (Å²) >= 11 is 1.63. The second kappa shape index (κ2) is 6.03. The van der Waals surface area contributed by atoms with Crippen LogP contribution in [0.15, 0.2) is 64.4 Å². The average Bonchev–Trinajstić information content (AvgIpc) is 2.39. The Hall–Kier alpha value is -1.06. The van der Waals surface area contributed by atoms with Gasteiger partial charge in [-0.2, -0.15) is 0 Å². The molecule has 0 aromatic heterocycles. The lowest BCUT2D eigenvalue weighted by atomic mass is 10.2. The summed E-state index contributed by atoms with van der Waals surface area (Å²) in [7, 11) is -0.926. The molecular formula is C14H14OS2. The van der Waals surface area contributed by atoms with Gasteiger partial charge in [-0.15, -0.1) is 11.8 Å². The third kappa shape index (κ3) is 3.72. The lowest BCUT2D eigenvalue weighted by molar-refractivity contribution is 0.686. The molecule has 0 N–H and O–H groups in total. The second-order valence-corrected chi connectivity index (χ2v) is 6.60. The fourth-order valence-electron chi connectivity index (χ4n) is 1.40. The summed E-state index contributed by atoms with van der Waals surface area (Å²) in [5.74, 6) is 0. The molecule has 0 bridgehead atoms. The van der Waals surface area contributed by atoms with Crippen molar-refractivity contribution in [2.75, 3.05) is 5.08 Å². The van der Waals surface area contributed by atoms with E-state index in [1.54, 1.807) is 11.8 Å². The Kier molecular flexibility index (Phi) is 4.40. The molecule has 0 amide bonds. The van der Waals surface area contributed by atoms with E-state index in [2.05, 4.69) is 31.2 Å². The van der Waals surface area contributed by atoms with Gasteiger partial charge in [0.25, 0.3) is 0 Å². The molecule has 0 saturated carbocycles. The van der Waals surface area contributed by atoms with E-state index in [9.17, 15) is 4.21 Å². The van der Waals surface area contributed by atoms with Gasteiger partial charge >= 0.3 is 0 Å². The first-order valence-electron chi connectivity index (χ1n) is 5.38. The molecule has 0 radical (unpaired) electrons. The van der Waals surface area contributed by atoms with Crippen LogP contribution >= 0.6 is 11.8 Å². The van der Waals surface area contributed by atoms with E-state index in [-0.39, 0.29) is 0 Å². The van der Waals surface area contributed by atoms with Gasteiger partial charge in [-0.1, -0.05) is 35.9 Å². The van der Waals surface area contributed by atoms with Crippen LogP contribution in [0.25, 0.3) is 0 Å². The van der Waals surface area contributed by atoms with Crippen molar-refractivity contribution < 1.29 is 4.21 Å². The molecule has 0 heterocycles. The first-order valence-corrected chi connectivity index (χ1v) is 7.69. The van der Waals surface area contributed by atoms with E-state index in [1.807, 2.05) is 30.3 Å². The Morgan fingerprint density at radius 2 is 1.65 bits per heavy atom. The number of hydrogen-bond acceptors (Lipinski definition) is 2. The highest BCUT2D eigenvalue weighted by atomic mass is 32.2. The van der Waals surface area contributed by atoms with Crippen LogP contribution in [0.4, 0.5) is 0 Å². The molecular weight excluding hydrogens is 248 g/mol. The summed E-state index contributed by atoms with van der Waals surface area (Å²) < 4.78 is 12.0. The summed E-state index contributed by atoms with van der Waals surface area (Å²) in [6.07, 6.45) is 0. The van der Waals surface area contributed by atoms with Gasteiger partial charge in [0.1, 0.15) is 0 Å². The number of thioether (sulfide) groups is 1. The van der Waals surface area contributed by atoms with Crippen molar-refractivity contribution in [2.45, 2.75) is 16.7 Å². The minimum atomic E-state index is -0.926. The Morgan fingerprint density at radius 1 is 1.00 bits per heavy atom. The number of aryl methyl sites for hydroxylation is 1. The van der Waals surface area contributed by atoms with Gasteiger partial charge in [-0.05, 0) is 31.2 Å². The van der Waals surface area contributed by atoms with Crippen molar-refractivity contribution in [3.05, 3.63) is 60.2 Å². The number of rotatable bonds is 4. The smallest absolute Gasteiger partial charge is 0.0786 e. The summed E-state index contributed by atoms with van der Waals surface area (Å²) in [5, 5.41) is 0.604. The maximum atomic E-state index is 12.0. The van der Waals surface area contributed by atoms with Crippen LogP contribution in [0.3, 0.4) is 0 Å². The molecule has 0 fully saturated rings. The Balaban J connectivity index is 1.95. The van der Waals surface area contributed by atoms with Crippen LogP contribution in [-0.4, -0.2) is 9.29 Å². The predicted molar refractivity (Wildman–Crippen MR) is 74.8 cm³/mol. The van der Waals surface area contributed by atoms with Crippen LogP contribution < -0.4 is 0 Å². The number of hydrogen-bond donors (Lipinski definition) is 0. The third-order valence-corrected chi connectivity index (χ3v) is 5.09. The fraction of sp³-hybridized carbons (Fsp3) is 0.143. The molecule has 2 rings (SSSR count). The first-order chi connectivity index (χ1) is 8.25. The van der Waals surface area contributed by atoms with E-state index in [0.29, 0.717) is 5.08 Å². The van der Waals surface area contributed by atoms with Gasteiger partial charge < -0.3 is 0 Å². The van der Waals surface area contributed by atoms with E-state index < -0.39 is 10.8 Å². The van der Waals surface area contributed by atoms with Gasteiger partial charge in [0.2, 0.25) is 0 Å². The van der Waals surface area contributed by atoms with Crippen LogP contribution in [0.2, 0.25) is 0 Å². The van der Waals surface area contributed by atoms with Crippen molar-refractivity contribution >= 4 is 22.6 Å². The molecule has 0 saturated heterocycles. The minimum Gasteiger partial charge on any atom is -0.253 e. The molecule has 3 heteroatoms. The molecule has 1 unspecified atom stereocenters. The molecule has 0 aliphatic heterocycles. The molecule has 1 atom stereocenters. The van der Waals surface area contributed by atoms with Gasteiger partial charge in [0, 0.05) is 9.79 Å². The van der Waals surface area contributed by atoms with Gasteiger partial charge in [-0.25, -0.2) is 0 Å². The topological polar surface area (TPSA) is 17.1 Å². The largest absolute Gasteiger partial charge is 0.253 e. The van der Waals surface area contributed by atoms with Crippen molar-refractivity contribution in [1.82, 2.24) is 0 Å². The van der Waals surface area contributed by atoms with Crippen LogP contribution in [0.5, 0.6) is 0 Å². The maximum Gasteiger partial charge on any atom is 0.0786 e. The van der Waals surface area contributed by atoms with Gasteiger partial charge in [0.05, 0.1) is 15.9 Å². The zero-order valence-electron chi connectivity index (χ0n) is 9.63. The van der Waals surface area contributed by atoms with Crippen LogP contribution in [0, 0.1) is 6.92 Å². The van der Waals surface area contributed by atoms with Crippen molar-refractivity contribution in [1.29, 1.82) is 0 Å². The Morgan fingerprint density at radius 3 is 2.29 bits per heavy atom. The molecule has 1 nitrogen and oxygen atoms in total. The van der Waals surface area contributed by atoms with Crippen molar-refractivity contribution in [2.24, 2.45) is 0 Å². The Bertz CT molecular complexity index is 491. The third-order valence-electron chi connectivity index (χ3n) is 2.36. The normalized spacial score (nSPS) is 12.3. The molecule has 17 heavy (non-hydrogen) atoms. The monoisotopic (exact) mass is 262 g/mol. The highest BCUT2D eigenvalue weighted by Crippen LogP contribution is 2.21. The summed E-state index contributed by atoms with van der Waals surface area (Å²) in [6, 6.07) is 17.9. The lowest BCUT2D eigenvalue weighted by Gasteiger charge is -2.03. The standard InChI is InChI=1S/C14H14OS2/c1-12-7-9-13(10-8-12)16-11-17(15)14-5-3-2-4-6-14/h2-10H,11H2,1H3. The lowest BCUT2D eigenvalue weighted by Crippen LogP contribution is -1.93.